The average Bonchev–Trinajstić information content (AvgIpc) is 2.70. The molecule has 0 aliphatic heterocycles. The molecule has 0 saturated carbocycles. The van der Waals surface area contributed by atoms with Gasteiger partial charge in [-0.25, -0.2) is 0 Å². The number of allylic oxidation sites excluding steroid dienone is 1. The third-order valence-corrected chi connectivity index (χ3v) is 4.48. The van der Waals surface area contributed by atoms with E-state index in [4.69, 9.17) is 20.7 Å². The van der Waals surface area contributed by atoms with E-state index >= 15 is 0 Å². The van der Waals surface area contributed by atoms with Gasteiger partial charge in [0.25, 0.3) is 0 Å². The third kappa shape index (κ3) is 9.80. The van der Waals surface area contributed by atoms with E-state index in [1.54, 1.807) is 6.08 Å². The van der Waals surface area contributed by atoms with Crippen molar-refractivity contribution in [3.05, 3.63) is 35.4 Å². The van der Waals surface area contributed by atoms with Gasteiger partial charge in [0.1, 0.15) is 17.7 Å². The number of aliphatic hydroxyl groups excluding tert-OH is 2. The summed E-state index contributed by atoms with van der Waals surface area (Å²) in [5.41, 5.74) is 2.10. The summed E-state index contributed by atoms with van der Waals surface area (Å²) in [4.78, 5) is 2.38. The number of nitrogens with zero attached hydrogens (tertiary/aromatic N) is 3. The van der Waals surface area contributed by atoms with Crippen LogP contribution in [0.15, 0.2) is 29.8 Å². The highest BCUT2D eigenvalue weighted by molar-refractivity contribution is 5.64. The lowest BCUT2D eigenvalue weighted by Gasteiger charge is -2.25. The molecule has 0 unspecified atom stereocenters. The van der Waals surface area contributed by atoms with Gasteiger partial charge in [-0.3, -0.25) is 0 Å². The highest BCUT2D eigenvalue weighted by Gasteiger charge is 2.07. The Balaban J connectivity index is 2.67. The second-order valence-corrected chi connectivity index (χ2v) is 6.64. The van der Waals surface area contributed by atoms with Crippen LogP contribution in [0.4, 0.5) is 5.69 Å². The maximum Gasteiger partial charge on any atom is 0.130 e. The first-order valence-corrected chi connectivity index (χ1v) is 9.83. The predicted molar refractivity (Wildman–Crippen MR) is 109 cm³/mol. The number of unbranched alkanes of at least 4 members (excludes halogenated alkanes) is 6. The third-order valence-electron chi connectivity index (χ3n) is 4.48. The van der Waals surface area contributed by atoms with Gasteiger partial charge in [0.05, 0.1) is 0 Å². The number of anilines is 1. The van der Waals surface area contributed by atoms with Crippen molar-refractivity contribution in [3.8, 4) is 12.1 Å². The van der Waals surface area contributed by atoms with Crippen molar-refractivity contribution in [1.82, 2.24) is 0 Å². The van der Waals surface area contributed by atoms with Crippen molar-refractivity contribution >= 4 is 11.8 Å². The summed E-state index contributed by atoms with van der Waals surface area (Å²) in [5, 5.41) is 35.5. The van der Waals surface area contributed by atoms with Gasteiger partial charge in [-0.1, -0.05) is 37.8 Å². The molecule has 0 aromatic heterocycles. The van der Waals surface area contributed by atoms with Crippen molar-refractivity contribution in [2.45, 2.75) is 51.4 Å². The highest BCUT2D eigenvalue weighted by atomic mass is 16.3. The van der Waals surface area contributed by atoms with E-state index in [1.165, 1.54) is 0 Å². The largest absolute Gasteiger partial charge is 0.396 e. The van der Waals surface area contributed by atoms with Crippen LogP contribution >= 0.6 is 0 Å². The van der Waals surface area contributed by atoms with E-state index in [0.717, 1.165) is 75.7 Å². The highest BCUT2D eigenvalue weighted by Crippen LogP contribution is 2.19. The lowest BCUT2D eigenvalue weighted by Crippen LogP contribution is -2.25. The zero-order chi connectivity index (χ0) is 19.7. The van der Waals surface area contributed by atoms with Gasteiger partial charge in [0, 0.05) is 32.0 Å². The molecule has 0 atom stereocenters. The second kappa shape index (κ2) is 14.8. The number of hydrogen-bond donors (Lipinski definition) is 2. The molecule has 0 spiro atoms. The van der Waals surface area contributed by atoms with Crippen LogP contribution in [-0.4, -0.2) is 36.5 Å². The number of nitriles is 2. The number of hydrogen-bond acceptors (Lipinski definition) is 5. The van der Waals surface area contributed by atoms with E-state index in [0.29, 0.717) is 0 Å². The molecule has 1 aromatic carbocycles. The molecule has 0 fully saturated rings. The predicted octanol–water partition coefficient (Wildman–Crippen LogP) is 4.03. The van der Waals surface area contributed by atoms with Gasteiger partial charge in [-0.15, -0.1) is 0 Å². The maximum atomic E-state index is 8.89. The second-order valence-electron chi connectivity index (χ2n) is 6.64. The molecule has 1 aromatic rings. The molecule has 0 aliphatic rings. The summed E-state index contributed by atoms with van der Waals surface area (Å²) >= 11 is 0. The average molecular weight is 370 g/mol. The fraction of sp³-hybridized carbons (Fsp3) is 0.545. The molecule has 146 valence electrons. The van der Waals surface area contributed by atoms with Crippen LogP contribution in [0.25, 0.3) is 6.08 Å². The molecule has 5 nitrogen and oxygen atoms in total. The summed E-state index contributed by atoms with van der Waals surface area (Å²) in [6.45, 7) is 2.47. The van der Waals surface area contributed by atoms with Gasteiger partial charge in [-0.05, 0) is 49.5 Å². The fourth-order valence-electron chi connectivity index (χ4n) is 2.94. The van der Waals surface area contributed by atoms with E-state index in [9.17, 15) is 0 Å². The lowest BCUT2D eigenvalue weighted by atomic mass is 10.1. The van der Waals surface area contributed by atoms with E-state index < -0.39 is 0 Å². The Labute approximate surface area is 163 Å². The zero-order valence-electron chi connectivity index (χ0n) is 16.1. The summed E-state index contributed by atoms with van der Waals surface area (Å²) in [7, 11) is 0. The van der Waals surface area contributed by atoms with Gasteiger partial charge in [0.2, 0.25) is 0 Å². The molecule has 27 heavy (non-hydrogen) atoms. The van der Waals surface area contributed by atoms with Crippen LogP contribution < -0.4 is 4.90 Å². The molecule has 2 N–H and O–H groups in total. The maximum absolute atomic E-state index is 8.89. The Hall–Kier alpha value is -2.34. The van der Waals surface area contributed by atoms with Crippen LogP contribution in [0, 0.1) is 22.7 Å². The first-order chi connectivity index (χ1) is 13.2. The van der Waals surface area contributed by atoms with Gasteiger partial charge < -0.3 is 15.1 Å². The van der Waals surface area contributed by atoms with Crippen molar-refractivity contribution in [1.29, 1.82) is 10.5 Å². The summed E-state index contributed by atoms with van der Waals surface area (Å²) < 4.78 is 0. The minimum absolute atomic E-state index is 0.104. The number of rotatable bonds is 14. The SMILES string of the molecule is N#CC(C#N)=Cc1ccc(N(CCCCCCO)CCCCCCO)cc1. The van der Waals surface area contributed by atoms with Crippen molar-refractivity contribution in [3.63, 3.8) is 0 Å². The molecule has 1 rings (SSSR count). The molecule has 0 aliphatic carbocycles. The zero-order valence-corrected chi connectivity index (χ0v) is 16.1. The summed E-state index contributed by atoms with van der Waals surface area (Å²) in [5.74, 6) is 0. The molecule has 0 radical (unpaired) electrons. The quantitative estimate of drug-likeness (QED) is 0.382. The van der Waals surface area contributed by atoms with Crippen LogP contribution in [0.3, 0.4) is 0 Å². The number of benzene rings is 1. The lowest BCUT2D eigenvalue weighted by molar-refractivity contribution is 0.282. The molecular weight excluding hydrogens is 338 g/mol. The Morgan fingerprint density at radius 3 is 1.70 bits per heavy atom. The number of aliphatic hydroxyl groups is 2. The van der Waals surface area contributed by atoms with Crippen LogP contribution in [0.5, 0.6) is 0 Å². The van der Waals surface area contributed by atoms with Crippen LogP contribution in [-0.2, 0) is 0 Å². The molecular formula is C22H31N3O2. The minimum atomic E-state index is 0.104. The van der Waals surface area contributed by atoms with E-state index in [1.807, 2.05) is 36.4 Å². The van der Waals surface area contributed by atoms with E-state index in [2.05, 4.69) is 4.90 Å². The summed E-state index contributed by atoms with van der Waals surface area (Å²) in [6.07, 6.45) is 9.82. The fourth-order valence-corrected chi connectivity index (χ4v) is 2.94. The molecule has 0 bridgehead atoms. The van der Waals surface area contributed by atoms with Gasteiger partial charge in [-0.2, -0.15) is 10.5 Å². The summed E-state index contributed by atoms with van der Waals surface area (Å²) in [6, 6.07) is 11.7. The smallest absolute Gasteiger partial charge is 0.130 e. The van der Waals surface area contributed by atoms with E-state index in [-0.39, 0.29) is 18.8 Å². The van der Waals surface area contributed by atoms with Gasteiger partial charge in [0.15, 0.2) is 0 Å². The normalized spacial score (nSPS) is 10.1. The Morgan fingerprint density at radius 1 is 0.778 bits per heavy atom. The molecule has 0 heterocycles. The van der Waals surface area contributed by atoms with Crippen LogP contribution in [0.1, 0.15) is 56.9 Å². The van der Waals surface area contributed by atoms with Crippen LogP contribution in [0.2, 0.25) is 0 Å². The molecule has 5 heteroatoms. The Kier molecular flexibility index (Phi) is 12.4. The van der Waals surface area contributed by atoms with Crippen molar-refractivity contribution in [2.24, 2.45) is 0 Å². The molecule has 0 amide bonds. The Bertz CT molecular complexity index is 596. The monoisotopic (exact) mass is 369 g/mol. The minimum Gasteiger partial charge on any atom is -0.396 e. The standard InChI is InChI=1S/C22H31N3O2/c23-18-21(19-24)17-20-9-11-22(12-10-20)25(13-5-1-3-7-15-26)14-6-2-4-8-16-27/h9-12,17,26-27H,1-8,13-16H2. The first kappa shape index (κ1) is 22.7. The van der Waals surface area contributed by atoms with Crippen molar-refractivity contribution in [2.75, 3.05) is 31.2 Å². The van der Waals surface area contributed by atoms with Gasteiger partial charge >= 0.3 is 0 Å². The van der Waals surface area contributed by atoms with Crippen molar-refractivity contribution < 1.29 is 10.2 Å². The Morgan fingerprint density at radius 2 is 1.26 bits per heavy atom. The molecule has 0 saturated heterocycles. The first-order valence-electron chi connectivity index (χ1n) is 9.83. The topological polar surface area (TPSA) is 91.3 Å².